The highest BCUT2D eigenvalue weighted by Crippen LogP contribution is 2.36. The molecule has 0 aliphatic carbocycles. The van der Waals surface area contributed by atoms with E-state index < -0.39 is 23.5 Å². The molecular formula is C26H28N6O5S. The van der Waals surface area contributed by atoms with Crippen LogP contribution < -0.4 is 20.7 Å². The van der Waals surface area contributed by atoms with Gasteiger partial charge in [-0.25, -0.2) is 14.8 Å². The summed E-state index contributed by atoms with van der Waals surface area (Å²) in [4.78, 5) is 60.1. The second-order valence-corrected chi connectivity index (χ2v) is 10.8. The summed E-state index contributed by atoms with van der Waals surface area (Å²) in [6.45, 7) is 5.93. The van der Waals surface area contributed by atoms with Crippen molar-refractivity contribution in [1.29, 1.82) is 0 Å². The number of hydrogen-bond acceptors (Lipinski definition) is 8. The van der Waals surface area contributed by atoms with Crippen LogP contribution >= 0.6 is 11.3 Å². The molecule has 1 fully saturated rings. The Morgan fingerprint density at radius 2 is 2.03 bits per heavy atom. The number of anilines is 1. The van der Waals surface area contributed by atoms with Gasteiger partial charge in [0.1, 0.15) is 28.1 Å². The van der Waals surface area contributed by atoms with Crippen molar-refractivity contribution in [2.75, 3.05) is 12.4 Å². The molecule has 1 unspecified atom stereocenters. The van der Waals surface area contributed by atoms with E-state index >= 15 is 0 Å². The Kier molecular flexibility index (Phi) is 6.51. The van der Waals surface area contributed by atoms with E-state index in [2.05, 4.69) is 33.9 Å². The standard InChI is InChI=1S/C26H28N6O5S/c1-5-13-10-17(37-4)21-18(11-13)38-24(30-21)26(2,3)31-25(36)28-19-8-6-14-15(27-19)12-32(23(14)35)16-7-9-20(33)29-22(16)34/h6,8,10-11,16H,5,7,9,12H2,1-4H3,(H,29,33,34)(H2,27,28,31,36). The van der Waals surface area contributed by atoms with E-state index in [0.29, 0.717) is 17.0 Å². The third-order valence-electron chi connectivity index (χ3n) is 6.72. The second-order valence-electron chi connectivity index (χ2n) is 9.81. The predicted molar refractivity (Wildman–Crippen MR) is 141 cm³/mol. The Hall–Kier alpha value is -4.06. The summed E-state index contributed by atoms with van der Waals surface area (Å²) in [7, 11) is 1.62. The van der Waals surface area contributed by atoms with Gasteiger partial charge in [-0.05, 0) is 56.5 Å². The molecule has 2 aliphatic rings. The number of benzene rings is 1. The van der Waals surface area contributed by atoms with Gasteiger partial charge in [-0.3, -0.25) is 25.0 Å². The Balaban J connectivity index is 1.29. The number of carbonyl (C=O) groups excluding carboxylic acids is 4. The zero-order valence-electron chi connectivity index (χ0n) is 21.5. The first kappa shape index (κ1) is 25.6. The Bertz CT molecular complexity index is 1480. The summed E-state index contributed by atoms with van der Waals surface area (Å²) in [5, 5.41) is 8.68. The summed E-state index contributed by atoms with van der Waals surface area (Å²) in [5.74, 6) is -0.180. The zero-order valence-corrected chi connectivity index (χ0v) is 22.3. The maximum atomic E-state index is 12.9. The van der Waals surface area contributed by atoms with Gasteiger partial charge < -0.3 is 15.0 Å². The lowest BCUT2D eigenvalue weighted by Gasteiger charge is -2.29. The highest BCUT2D eigenvalue weighted by molar-refractivity contribution is 7.18. The molecule has 0 radical (unpaired) electrons. The van der Waals surface area contributed by atoms with E-state index in [9.17, 15) is 19.2 Å². The first-order valence-electron chi connectivity index (χ1n) is 12.3. The first-order valence-corrected chi connectivity index (χ1v) is 13.1. The van der Waals surface area contributed by atoms with Gasteiger partial charge >= 0.3 is 6.03 Å². The van der Waals surface area contributed by atoms with Gasteiger partial charge in [-0.1, -0.05) is 6.92 Å². The number of aromatic nitrogens is 2. The van der Waals surface area contributed by atoms with Crippen LogP contribution in [0, 0.1) is 0 Å². The fraction of sp³-hybridized carbons (Fsp3) is 0.385. The number of aryl methyl sites for hydroxylation is 1. The molecule has 1 saturated heterocycles. The second kappa shape index (κ2) is 9.67. The largest absolute Gasteiger partial charge is 0.494 e. The van der Waals surface area contributed by atoms with Crippen molar-refractivity contribution in [3.8, 4) is 5.75 Å². The number of imide groups is 1. The quantitative estimate of drug-likeness (QED) is 0.411. The van der Waals surface area contributed by atoms with Crippen LogP contribution in [0.3, 0.4) is 0 Å². The normalized spacial score (nSPS) is 17.4. The Morgan fingerprint density at radius 1 is 1.24 bits per heavy atom. The number of methoxy groups -OCH3 is 1. The van der Waals surface area contributed by atoms with E-state index in [1.165, 1.54) is 16.2 Å². The van der Waals surface area contributed by atoms with Gasteiger partial charge in [0.05, 0.1) is 35.2 Å². The molecule has 3 N–H and O–H groups in total. The monoisotopic (exact) mass is 536 g/mol. The van der Waals surface area contributed by atoms with Crippen molar-refractivity contribution >= 4 is 51.1 Å². The highest BCUT2D eigenvalue weighted by atomic mass is 32.1. The lowest BCUT2D eigenvalue weighted by Crippen LogP contribution is -2.52. The molecule has 12 heteroatoms. The van der Waals surface area contributed by atoms with Crippen LogP contribution in [0.5, 0.6) is 5.75 Å². The van der Waals surface area contributed by atoms with Crippen LogP contribution in [-0.2, 0) is 28.1 Å². The summed E-state index contributed by atoms with van der Waals surface area (Å²) < 4.78 is 6.51. The number of urea groups is 1. The van der Waals surface area contributed by atoms with Crippen molar-refractivity contribution in [2.45, 2.75) is 58.2 Å². The molecule has 3 aromatic rings. The molecule has 1 aromatic carbocycles. The average Bonchev–Trinajstić information content (AvgIpc) is 3.45. The molecule has 5 rings (SSSR count). The molecule has 11 nitrogen and oxygen atoms in total. The maximum Gasteiger partial charge on any atom is 0.321 e. The summed E-state index contributed by atoms with van der Waals surface area (Å²) >= 11 is 1.50. The minimum atomic E-state index is -0.791. The molecule has 4 heterocycles. The molecule has 0 saturated carbocycles. The number of amides is 5. The third-order valence-corrected chi connectivity index (χ3v) is 8.05. The van der Waals surface area contributed by atoms with Crippen LogP contribution in [0.4, 0.5) is 10.6 Å². The van der Waals surface area contributed by atoms with Gasteiger partial charge in [0.15, 0.2) is 0 Å². The molecular weight excluding hydrogens is 508 g/mol. The van der Waals surface area contributed by atoms with E-state index in [1.54, 1.807) is 19.2 Å². The molecule has 0 spiro atoms. The Morgan fingerprint density at radius 3 is 2.74 bits per heavy atom. The summed E-state index contributed by atoms with van der Waals surface area (Å²) in [5.41, 5.74) is 1.94. The van der Waals surface area contributed by atoms with E-state index in [-0.39, 0.29) is 37.0 Å². The van der Waals surface area contributed by atoms with Crippen molar-refractivity contribution in [3.63, 3.8) is 0 Å². The Labute approximate surface area is 223 Å². The van der Waals surface area contributed by atoms with Crippen LogP contribution in [0.2, 0.25) is 0 Å². The van der Waals surface area contributed by atoms with Gasteiger partial charge in [-0.15, -0.1) is 11.3 Å². The predicted octanol–water partition coefficient (Wildman–Crippen LogP) is 3.08. The van der Waals surface area contributed by atoms with Gasteiger partial charge in [0, 0.05) is 6.42 Å². The van der Waals surface area contributed by atoms with Crippen molar-refractivity contribution in [1.82, 2.24) is 25.5 Å². The van der Waals surface area contributed by atoms with Crippen molar-refractivity contribution in [2.24, 2.45) is 0 Å². The minimum absolute atomic E-state index is 0.121. The van der Waals surface area contributed by atoms with Crippen LogP contribution in [0.15, 0.2) is 24.3 Å². The van der Waals surface area contributed by atoms with Crippen LogP contribution in [-0.4, -0.2) is 51.8 Å². The van der Waals surface area contributed by atoms with E-state index in [0.717, 1.165) is 27.2 Å². The number of thiazole rings is 1. The number of nitrogens with zero attached hydrogens (tertiary/aromatic N) is 3. The molecule has 38 heavy (non-hydrogen) atoms. The SMILES string of the molecule is CCc1cc(OC)c2nc(C(C)(C)NC(=O)Nc3ccc4c(n3)CN(C3CCC(=O)NC3=O)C4=O)sc2c1. The van der Waals surface area contributed by atoms with Crippen LogP contribution in [0.1, 0.15) is 60.2 Å². The molecule has 2 aromatic heterocycles. The lowest BCUT2D eigenvalue weighted by atomic mass is 10.0. The number of pyridine rings is 1. The summed E-state index contributed by atoms with van der Waals surface area (Å²) in [6, 6.07) is 5.99. The van der Waals surface area contributed by atoms with Crippen molar-refractivity contribution < 1.29 is 23.9 Å². The third kappa shape index (κ3) is 4.67. The molecule has 5 amide bonds. The average molecular weight is 537 g/mol. The van der Waals surface area contributed by atoms with E-state index in [4.69, 9.17) is 9.72 Å². The van der Waals surface area contributed by atoms with E-state index in [1.807, 2.05) is 19.9 Å². The lowest BCUT2D eigenvalue weighted by molar-refractivity contribution is -0.136. The van der Waals surface area contributed by atoms with Crippen LogP contribution in [0.25, 0.3) is 10.2 Å². The molecule has 0 bridgehead atoms. The number of rotatable bonds is 6. The number of carbonyl (C=O) groups is 4. The first-order chi connectivity index (χ1) is 18.1. The summed E-state index contributed by atoms with van der Waals surface area (Å²) in [6.07, 6.45) is 1.31. The number of piperidine rings is 1. The minimum Gasteiger partial charge on any atom is -0.494 e. The number of fused-ring (bicyclic) bond motifs is 2. The van der Waals surface area contributed by atoms with Gasteiger partial charge in [0.25, 0.3) is 5.91 Å². The fourth-order valence-corrected chi connectivity index (χ4v) is 5.77. The molecule has 198 valence electrons. The zero-order chi connectivity index (χ0) is 27.2. The van der Waals surface area contributed by atoms with Gasteiger partial charge in [0.2, 0.25) is 11.8 Å². The maximum absolute atomic E-state index is 12.9. The number of ether oxygens (including phenoxy) is 1. The molecule has 2 aliphatic heterocycles. The number of nitrogens with one attached hydrogen (secondary N) is 3. The van der Waals surface area contributed by atoms with Gasteiger partial charge in [-0.2, -0.15) is 0 Å². The smallest absolute Gasteiger partial charge is 0.321 e. The molecule has 1 atom stereocenters. The number of hydrogen-bond donors (Lipinski definition) is 3. The fourth-order valence-electron chi connectivity index (χ4n) is 4.67. The highest BCUT2D eigenvalue weighted by Gasteiger charge is 2.40. The van der Waals surface area contributed by atoms with Crippen molar-refractivity contribution in [3.05, 3.63) is 46.1 Å². The topological polar surface area (TPSA) is 143 Å².